The summed E-state index contributed by atoms with van der Waals surface area (Å²) in [7, 11) is 0. The third kappa shape index (κ3) is 2.58. The molecule has 2 rings (SSSR count). The van der Waals surface area contributed by atoms with Crippen LogP contribution in [0.4, 0.5) is 0 Å². The molecule has 0 fully saturated rings. The van der Waals surface area contributed by atoms with Crippen molar-refractivity contribution in [1.29, 1.82) is 0 Å². The average Bonchev–Trinajstić information content (AvgIpc) is 2.61. The second-order valence-electron chi connectivity index (χ2n) is 3.94. The first-order valence-corrected chi connectivity index (χ1v) is 6.24. The quantitative estimate of drug-likeness (QED) is 0.907. The molecule has 0 aliphatic carbocycles. The molecule has 0 radical (unpaired) electrons. The number of phenols is 1. The molecule has 0 aliphatic heterocycles. The van der Waals surface area contributed by atoms with Crippen LogP contribution in [-0.4, -0.2) is 10.1 Å². The molecule has 1 N–H and O–H groups in total. The third-order valence-corrected chi connectivity index (χ3v) is 3.73. The number of aromatic nitrogens is 1. The highest BCUT2D eigenvalue weighted by atomic mass is 32.1. The van der Waals surface area contributed by atoms with Gasteiger partial charge in [0.15, 0.2) is 0 Å². The van der Waals surface area contributed by atoms with E-state index in [1.807, 2.05) is 19.9 Å². The maximum atomic E-state index is 9.55. The number of ether oxygens (including phenoxy) is 1. The van der Waals surface area contributed by atoms with E-state index in [9.17, 15) is 5.11 Å². The van der Waals surface area contributed by atoms with Crippen molar-refractivity contribution in [3.63, 3.8) is 0 Å². The number of aryl methyl sites for hydroxylation is 2. The van der Waals surface area contributed by atoms with Crippen LogP contribution in [0.2, 0.25) is 0 Å². The van der Waals surface area contributed by atoms with Crippen LogP contribution in [0.1, 0.15) is 21.1 Å². The number of thiazole rings is 1. The molecule has 0 amide bonds. The summed E-state index contributed by atoms with van der Waals surface area (Å²) in [4.78, 5) is 5.63. The highest BCUT2D eigenvalue weighted by Crippen LogP contribution is 2.27. The van der Waals surface area contributed by atoms with E-state index in [0.717, 1.165) is 16.3 Å². The minimum atomic E-state index is 0.258. The highest BCUT2D eigenvalue weighted by molar-refractivity contribution is 7.11. The summed E-state index contributed by atoms with van der Waals surface area (Å²) in [6.07, 6.45) is 0. The largest absolute Gasteiger partial charge is 0.508 e. The van der Waals surface area contributed by atoms with E-state index in [1.54, 1.807) is 23.5 Å². The van der Waals surface area contributed by atoms with E-state index in [2.05, 4.69) is 11.9 Å². The molecular formula is C13H15NO2S. The number of benzene rings is 1. The van der Waals surface area contributed by atoms with Crippen LogP contribution in [-0.2, 0) is 6.61 Å². The van der Waals surface area contributed by atoms with Crippen LogP contribution in [0.15, 0.2) is 18.2 Å². The molecule has 1 aromatic carbocycles. The molecule has 0 spiro atoms. The Morgan fingerprint density at radius 1 is 1.29 bits per heavy atom. The lowest BCUT2D eigenvalue weighted by Crippen LogP contribution is -1.96. The van der Waals surface area contributed by atoms with E-state index in [1.165, 1.54) is 4.88 Å². The van der Waals surface area contributed by atoms with Crippen LogP contribution in [0.3, 0.4) is 0 Å². The summed E-state index contributed by atoms with van der Waals surface area (Å²) in [5.41, 5.74) is 1.82. The van der Waals surface area contributed by atoms with E-state index in [-0.39, 0.29) is 5.75 Å². The summed E-state index contributed by atoms with van der Waals surface area (Å²) in [6.45, 7) is 6.33. The zero-order chi connectivity index (χ0) is 12.4. The average molecular weight is 249 g/mol. The molecule has 0 saturated heterocycles. The van der Waals surface area contributed by atoms with Crippen LogP contribution < -0.4 is 4.74 Å². The summed E-state index contributed by atoms with van der Waals surface area (Å²) in [6, 6.07) is 5.28. The molecule has 0 atom stereocenters. The van der Waals surface area contributed by atoms with Gasteiger partial charge in [0.05, 0.1) is 5.69 Å². The molecule has 17 heavy (non-hydrogen) atoms. The van der Waals surface area contributed by atoms with Gasteiger partial charge in [-0.2, -0.15) is 0 Å². The van der Waals surface area contributed by atoms with Crippen molar-refractivity contribution in [2.24, 2.45) is 0 Å². The number of hydrogen-bond acceptors (Lipinski definition) is 4. The zero-order valence-electron chi connectivity index (χ0n) is 10.2. The smallest absolute Gasteiger partial charge is 0.140 e. The maximum Gasteiger partial charge on any atom is 0.140 e. The Hall–Kier alpha value is -1.55. The number of nitrogens with zero attached hydrogens (tertiary/aromatic N) is 1. The van der Waals surface area contributed by atoms with Gasteiger partial charge in [0.2, 0.25) is 0 Å². The molecule has 3 nitrogen and oxygen atoms in total. The molecule has 2 aromatic rings. The van der Waals surface area contributed by atoms with E-state index in [4.69, 9.17) is 4.74 Å². The van der Waals surface area contributed by atoms with Crippen LogP contribution >= 0.6 is 11.3 Å². The van der Waals surface area contributed by atoms with Gasteiger partial charge < -0.3 is 9.84 Å². The van der Waals surface area contributed by atoms with Crippen LogP contribution in [0, 0.1) is 20.8 Å². The van der Waals surface area contributed by atoms with Crippen molar-refractivity contribution in [1.82, 2.24) is 4.98 Å². The van der Waals surface area contributed by atoms with Crippen molar-refractivity contribution in [3.05, 3.63) is 39.3 Å². The molecule has 0 saturated carbocycles. The lowest BCUT2D eigenvalue weighted by Gasteiger charge is -2.08. The first-order chi connectivity index (χ1) is 8.08. The molecular weight excluding hydrogens is 234 g/mol. The Labute approximate surface area is 105 Å². The van der Waals surface area contributed by atoms with Gasteiger partial charge in [-0.25, -0.2) is 4.98 Å². The predicted octanol–water partition coefficient (Wildman–Crippen LogP) is 3.35. The van der Waals surface area contributed by atoms with E-state index < -0.39 is 0 Å². The molecule has 1 aromatic heterocycles. The fourth-order valence-corrected chi connectivity index (χ4v) is 2.35. The number of rotatable bonds is 3. The number of hydrogen-bond donors (Lipinski definition) is 1. The Bertz CT molecular complexity index is 515. The van der Waals surface area contributed by atoms with E-state index in [0.29, 0.717) is 12.4 Å². The van der Waals surface area contributed by atoms with Gasteiger partial charge in [-0.15, -0.1) is 11.3 Å². The fourth-order valence-electron chi connectivity index (χ4n) is 1.50. The third-order valence-electron chi connectivity index (χ3n) is 2.68. The number of aromatic hydroxyl groups is 1. The monoisotopic (exact) mass is 249 g/mol. The number of phenolic OH excluding ortho intramolecular Hbond substituents is 1. The zero-order valence-corrected chi connectivity index (χ0v) is 11.0. The SMILES string of the molecule is Cc1nc(COc2cccc(O)c2C)sc1C. The van der Waals surface area contributed by atoms with Crippen molar-refractivity contribution < 1.29 is 9.84 Å². The molecule has 90 valence electrons. The first kappa shape index (κ1) is 11.9. The normalized spacial score (nSPS) is 10.5. The Morgan fingerprint density at radius 2 is 2.06 bits per heavy atom. The first-order valence-electron chi connectivity index (χ1n) is 5.42. The lowest BCUT2D eigenvalue weighted by atomic mass is 10.2. The Morgan fingerprint density at radius 3 is 2.71 bits per heavy atom. The van der Waals surface area contributed by atoms with Gasteiger partial charge in [0.1, 0.15) is 23.1 Å². The van der Waals surface area contributed by atoms with Gasteiger partial charge in [-0.1, -0.05) is 6.07 Å². The predicted molar refractivity (Wildman–Crippen MR) is 68.8 cm³/mol. The molecule has 4 heteroatoms. The van der Waals surface area contributed by atoms with Crippen molar-refractivity contribution in [3.8, 4) is 11.5 Å². The van der Waals surface area contributed by atoms with Crippen molar-refractivity contribution in [2.75, 3.05) is 0 Å². The van der Waals surface area contributed by atoms with Gasteiger partial charge in [-0.05, 0) is 32.9 Å². The lowest BCUT2D eigenvalue weighted by molar-refractivity contribution is 0.301. The molecule has 0 bridgehead atoms. The van der Waals surface area contributed by atoms with Gasteiger partial charge in [-0.3, -0.25) is 0 Å². The van der Waals surface area contributed by atoms with Crippen LogP contribution in [0.5, 0.6) is 11.5 Å². The second-order valence-corrected chi connectivity index (χ2v) is 5.23. The van der Waals surface area contributed by atoms with Gasteiger partial charge in [0.25, 0.3) is 0 Å². The summed E-state index contributed by atoms with van der Waals surface area (Å²) in [5, 5.41) is 10.5. The second kappa shape index (κ2) is 4.75. The highest BCUT2D eigenvalue weighted by Gasteiger charge is 2.07. The fraction of sp³-hybridized carbons (Fsp3) is 0.308. The Kier molecular flexibility index (Phi) is 3.33. The topological polar surface area (TPSA) is 42.4 Å². The van der Waals surface area contributed by atoms with E-state index >= 15 is 0 Å². The van der Waals surface area contributed by atoms with Crippen molar-refractivity contribution in [2.45, 2.75) is 27.4 Å². The van der Waals surface area contributed by atoms with Gasteiger partial charge >= 0.3 is 0 Å². The standard InChI is InChI=1S/C13H15NO2S/c1-8-11(15)5-4-6-12(8)16-7-13-14-9(2)10(3)17-13/h4-6,15H,7H2,1-3H3. The summed E-state index contributed by atoms with van der Waals surface area (Å²) < 4.78 is 5.66. The Balaban J connectivity index is 2.10. The minimum absolute atomic E-state index is 0.258. The summed E-state index contributed by atoms with van der Waals surface area (Å²) >= 11 is 1.65. The summed E-state index contributed by atoms with van der Waals surface area (Å²) in [5.74, 6) is 0.963. The molecule has 0 unspecified atom stereocenters. The van der Waals surface area contributed by atoms with Crippen LogP contribution in [0.25, 0.3) is 0 Å². The van der Waals surface area contributed by atoms with Crippen molar-refractivity contribution >= 4 is 11.3 Å². The molecule has 1 heterocycles. The van der Waals surface area contributed by atoms with Gasteiger partial charge in [0, 0.05) is 10.4 Å². The minimum Gasteiger partial charge on any atom is -0.508 e. The molecule has 0 aliphatic rings. The maximum absolute atomic E-state index is 9.55.